The Balaban J connectivity index is 2.74. The molecule has 0 saturated heterocycles. The standard InChI is InChI=1S/C15H24N2O5/c1-19-9-12(16)15(18)17-6-5-11-13(21-3)7-10(20-2)8-14(11)22-4/h7-8,12H,5-6,9,16H2,1-4H3,(H,17,18). The van der Waals surface area contributed by atoms with Gasteiger partial charge in [-0.3, -0.25) is 4.79 Å². The highest BCUT2D eigenvalue weighted by Crippen LogP contribution is 2.34. The van der Waals surface area contributed by atoms with Gasteiger partial charge >= 0.3 is 0 Å². The molecule has 1 aromatic rings. The van der Waals surface area contributed by atoms with Crippen molar-refractivity contribution in [1.29, 1.82) is 0 Å². The van der Waals surface area contributed by atoms with Gasteiger partial charge in [-0.05, 0) is 6.42 Å². The van der Waals surface area contributed by atoms with Crippen LogP contribution in [0.2, 0.25) is 0 Å². The summed E-state index contributed by atoms with van der Waals surface area (Å²) in [6.45, 7) is 0.594. The molecule has 0 aliphatic rings. The summed E-state index contributed by atoms with van der Waals surface area (Å²) >= 11 is 0. The molecule has 0 fully saturated rings. The Kier molecular flexibility index (Phi) is 7.48. The molecule has 3 N–H and O–H groups in total. The molecule has 0 aliphatic carbocycles. The summed E-state index contributed by atoms with van der Waals surface area (Å²) in [5, 5.41) is 2.76. The lowest BCUT2D eigenvalue weighted by Crippen LogP contribution is -2.44. The van der Waals surface area contributed by atoms with Crippen molar-refractivity contribution in [2.75, 3.05) is 41.6 Å². The minimum Gasteiger partial charge on any atom is -0.496 e. The number of rotatable bonds is 9. The Bertz CT molecular complexity index is 468. The van der Waals surface area contributed by atoms with E-state index >= 15 is 0 Å². The van der Waals surface area contributed by atoms with Crippen LogP contribution in [-0.4, -0.2) is 53.5 Å². The maximum Gasteiger partial charge on any atom is 0.239 e. The molecule has 0 saturated carbocycles. The molecule has 0 bridgehead atoms. The van der Waals surface area contributed by atoms with E-state index in [1.807, 2.05) is 0 Å². The molecule has 1 atom stereocenters. The van der Waals surface area contributed by atoms with Crippen molar-refractivity contribution < 1.29 is 23.7 Å². The van der Waals surface area contributed by atoms with E-state index in [1.165, 1.54) is 7.11 Å². The second kappa shape index (κ2) is 9.11. The number of ether oxygens (including phenoxy) is 4. The van der Waals surface area contributed by atoms with Crippen molar-refractivity contribution in [3.63, 3.8) is 0 Å². The Labute approximate surface area is 130 Å². The van der Waals surface area contributed by atoms with Gasteiger partial charge in [0.05, 0.1) is 27.9 Å². The third-order valence-corrected chi connectivity index (χ3v) is 3.17. The van der Waals surface area contributed by atoms with Gasteiger partial charge < -0.3 is 30.0 Å². The second-order valence-corrected chi connectivity index (χ2v) is 4.61. The highest BCUT2D eigenvalue weighted by atomic mass is 16.5. The van der Waals surface area contributed by atoms with E-state index in [9.17, 15) is 4.79 Å². The molecule has 22 heavy (non-hydrogen) atoms. The van der Waals surface area contributed by atoms with Gasteiger partial charge in [0.1, 0.15) is 23.3 Å². The minimum absolute atomic E-state index is 0.182. The first kappa shape index (κ1) is 18.1. The van der Waals surface area contributed by atoms with Crippen molar-refractivity contribution in [2.24, 2.45) is 5.73 Å². The topological polar surface area (TPSA) is 92.0 Å². The molecular formula is C15H24N2O5. The molecule has 1 amide bonds. The van der Waals surface area contributed by atoms with Gasteiger partial charge in [0.2, 0.25) is 5.91 Å². The highest BCUT2D eigenvalue weighted by Gasteiger charge is 2.15. The van der Waals surface area contributed by atoms with Gasteiger partial charge in [-0.2, -0.15) is 0 Å². The average molecular weight is 312 g/mol. The predicted octanol–water partition coefficient (Wildman–Crippen LogP) is 0.345. The summed E-state index contributed by atoms with van der Waals surface area (Å²) in [5.41, 5.74) is 6.51. The van der Waals surface area contributed by atoms with E-state index in [1.54, 1.807) is 33.5 Å². The SMILES string of the molecule is COCC(N)C(=O)NCCc1c(OC)cc(OC)cc1OC. The van der Waals surface area contributed by atoms with Gasteiger partial charge in [-0.25, -0.2) is 0 Å². The van der Waals surface area contributed by atoms with Crippen LogP contribution in [0.3, 0.4) is 0 Å². The predicted molar refractivity (Wildman–Crippen MR) is 82.7 cm³/mol. The zero-order chi connectivity index (χ0) is 16.5. The Hall–Kier alpha value is -1.99. The Morgan fingerprint density at radius 1 is 1.14 bits per heavy atom. The highest BCUT2D eigenvalue weighted by molar-refractivity contribution is 5.81. The third-order valence-electron chi connectivity index (χ3n) is 3.17. The van der Waals surface area contributed by atoms with Crippen LogP contribution in [0.5, 0.6) is 17.2 Å². The van der Waals surface area contributed by atoms with Crippen LogP contribution >= 0.6 is 0 Å². The zero-order valence-electron chi connectivity index (χ0n) is 13.5. The summed E-state index contributed by atoms with van der Waals surface area (Å²) in [4.78, 5) is 11.7. The number of carbonyl (C=O) groups is 1. The van der Waals surface area contributed by atoms with Gasteiger partial charge in [-0.15, -0.1) is 0 Å². The molecule has 0 spiro atoms. The summed E-state index contributed by atoms with van der Waals surface area (Å²) in [6, 6.07) is 2.87. The summed E-state index contributed by atoms with van der Waals surface area (Å²) < 4.78 is 20.8. The molecular weight excluding hydrogens is 288 g/mol. The monoisotopic (exact) mass is 312 g/mol. The number of amides is 1. The maximum absolute atomic E-state index is 11.7. The smallest absolute Gasteiger partial charge is 0.239 e. The van der Waals surface area contributed by atoms with Crippen LogP contribution in [0.25, 0.3) is 0 Å². The van der Waals surface area contributed by atoms with Crippen molar-refractivity contribution in [3.05, 3.63) is 17.7 Å². The summed E-state index contributed by atoms with van der Waals surface area (Å²) in [6.07, 6.45) is 0.543. The van der Waals surface area contributed by atoms with E-state index in [0.29, 0.717) is 30.2 Å². The van der Waals surface area contributed by atoms with Crippen LogP contribution in [0, 0.1) is 0 Å². The van der Waals surface area contributed by atoms with Gasteiger partial charge in [-0.1, -0.05) is 0 Å². The van der Waals surface area contributed by atoms with E-state index in [2.05, 4.69) is 5.32 Å². The lowest BCUT2D eigenvalue weighted by atomic mass is 10.1. The fourth-order valence-corrected chi connectivity index (χ4v) is 2.02. The second-order valence-electron chi connectivity index (χ2n) is 4.61. The van der Waals surface area contributed by atoms with Crippen LogP contribution in [0.15, 0.2) is 12.1 Å². The van der Waals surface area contributed by atoms with Crippen molar-refractivity contribution in [1.82, 2.24) is 5.32 Å². The maximum atomic E-state index is 11.7. The molecule has 0 heterocycles. The van der Waals surface area contributed by atoms with Crippen LogP contribution < -0.4 is 25.3 Å². The van der Waals surface area contributed by atoms with E-state index in [0.717, 1.165) is 5.56 Å². The number of nitrogens with one attached hydrogen (secondary N) is 1. The van der Waals surface area contributed by atoms with Crippen LogP contribution in [0.4, 0.5) is 0 Å². The first-order valence-electron chi connectivity index (χ1n) is 6.88. The Morgan fingerprint density at radius 2 is 1.73 bits per heavy atom. The molecule has 0 aromatic heterocycles. The lowest BCUT2D eigenvalue weighted by Gasteiger charge is -2.16. The first-order chi connectivity index (χ1) is 10.6. The molecule has 124 valence electrons. The fraction of sp³-hybridized carbons (Fsp3) is 0.533. The quantitative estimate of drug-likeness (QED) is 0.683. The average Bonchev–Trinajstić information content (AvgIpc) is 2.54. The summed E-state index contributed by atoms with van der Waals surface area (Å²) in [7, 11) is 6.22. The lowest BCUT2D eigenvalue weighted by molar-refractivity contribution is -0.123. The largest absolute Gasteiger partial charge is 0.496 e. The molecule has 7 nitrogen and oxygen atoms in total. The normalized spacial score (nSPS) is 11.7. The number of nitrogens with two attached hydrogens (primary N) is 1. The molecule has 1 rings (SSSR count). The Morgan fingerprint density at radius 3 is 2.18 bits per heavy atom. The molecule has 1 aromatic carbocycles. The molecule has 0 aliphatic heterocycles. The van der Waals surface area contributed by atoms with Crippen molar-refractivity contribution >= 4 is 5.91 Å². The van der Waals surface area contributed by atoms with Crippen LogP contribution in [-0.2, 0) is 16.0 Å². The van der Waals surface area contributed by atoms with Crippen molar-refractivity contribution in [3.8, 4) is 17.2 Å². The number of carbonyl (C=O) groups excluding carboxylic acids is 1. The zero-order valence-corrected chi connectivity index (χ0v) is 13.5. The van der Waals surface area contributed by atoms with E-state index < -0.39 is 6.04 Å². The number of methoxy groups -OCH3 is 4. The third kappa shape index (κ3) is 4.78. The van der Waals surface area contributed by atoms with Gasteiger partial charge in [0.25, 0.3) is 0 Å². The van der Waals surface area contributed by atoms with Gasteiger partial charge in [0.15, 0.2) is 0 Å². The summed E-state index contributed by atoms with van der Waals surface area (Å²) in [5.74, 6) is 1.68. The van der Waals surface area contributed by atoms with Gasteiger partial charge in [0, 0.05) is 31.4 Å². The molecule has 1 unspecified atom stereocenters. The van der Waals surface area contributed by atoms with Crippen molar-refractivity contribution in [2.45, 2.75) is 12.5 Å². The van der Waals surface area contributed by atoms with Crippen LogP contribution in [0.1, 0.15) is 5.56 Å². The number of benzene rings is 1. The molecule has 7 heteroatoms. The number of hydrogen-bond donors (Lipinski definition) is 2. The molecule has 0 radical (unpaired) electrons. The number of hydrogen-bond acceptors (Lipinski definition) is 6. The fourth-order valence-electron chi connectivity index (χ4n) is 2.02. The minimum atomic E-state index is -0.676. The van der Waals surface area contributed by atoms with E-state index in [4.69, 9.17) is 24.7 Å². The first-order valence-corrected chi connectivity index (χ1v) is 6.88. The van der Waals surface area contributed by atoms with E-state index in [-0.39, 0.29) is 12.5 Å².